The van der Waals surface area contributed by atoms with Gasteiger partial charge in [-0.15, -0.1) is 0 Å². The van der Waals surface area contributed by atoms with Gasteiger partial charge < -0.3 is 0 Å². The summed E-state index contributed by atoms with van der Waals surface area (Å²) < 4.78 is 5.70. The SMILES string of the molecule is CC(C)C1=[C-]C([C-]=[V])=CC1.C[C-]=[V].[U].[V]. The summed E-state index contributed by atoms with van der Waals surface area (Å²) in [5.41, 5.74) is 2.51. The van der Waals surface area contributed by atoms with Gasteiger partial charge in [0.2, 0.25) is 0 Å². The topological polar surface area (TPSA) is 0 Å². The fraction of sp³-hybridized carbons (Fsp3) is 0.455. The largest absolute Gasteiger partial charge is 0 e. The zero-order chi connectivity index (χ0) is 10.3. The van der Waals surface area contributed by atoms with Gasteiger partial charge in [-0.2, -0.15) is 0 Å². The maximum atomic E-state index is 3.29. The second-order valence-electron chi connectivity index (χ2n) is 2.96. The molecule has 0 aliphatic heterocycles. The molecule has 0 unspecified atom stereocenters. The Hall–Kier alpha value is 2.03. The Morgan fingerprint density at radius 2 is 1.87 bits per heavy atom. The molecule has 0 aromatic carbocycles. The molecule has 79 valence electrons. The average Bonchev–Trinajstić information content (AvgIpc) is 2.53. The van der Waals surface area contributed by atoms with Crippen LogP contribution in [0, 0.1) is 43.1 Å². The molecule has 0 N–H and O–H groups in total. The van der Waals surface area contributed by atoms with Gasteiger partial charge in [0.1, 0.15) is 0 Å². The molecule has 4 heteroatoms. The fourth-order valence-electron chi connectivity index (χ4n) is 0.941. The Morgan fingerprint density at radius 1 is 1.40 bits per heavy atom. The number of hydrogen-bond donors (Lipinski definition) is 0. The summed E-state index contributed by atoms with van der Waals surface area (Å²) in [7, 11) is 0. The zero-order valence-corrected chi connectivity index (χ0v) is 17.6. The molecular formula is C11H13UV3-3. The van der Waals surface area contributed by atoms with Crippen molar-refractivity contribution in [2.45, 2.75) is 27.2 Å². The van der Waals surface area contributed by atoms with E-state index in [4.69, 9.17) is 0 Å². The van der Waals surface area contributed by atoms with Crippen LogP contribution in [0.3, 0.4) is 0 Å². The van der Waals surface area contributed by atoms with Crippen LogP contribution < -0.4 is 0 Å². The van der Waals surface area contributed by atoms with Gasteiger partial charge in [0.05, 0.1) is 0 Å². The van der Waals surface area contributed by atoms with Gasteiger partial charge in [-0.25, -0.2) is 0 Å². The van der Waals surface area contributed by atoms with Crippen LogP contribution in [0.5, 0.6) is 0 Å². The third-order valence-electron chi connectivity index (χ3n) is 1.64. The van der Waals surface area contributed by atoms with E-state index in [1.165, 1.54) is 5.57 Å². The first kappa shape index (κ1) is 22.2. The second-order valence-corrected chi connectivity index (χ2v) is 4.01. The van der Waals surface area contributed by atoms with E-state index in [1.807, 2.05) is 6.92 Å². The Balaban J connectivity index is -0.000000260. The Bertz CT molecular complexity index is 242. The van der Waals surface area contributed by atoms with Gasteiger partial charge in [-0.1, -0.05) is 0 Å². The Kier molecular flexibility index (Phi) is 20.9. The van der Waals surface area contributed by atoms with Gasteiger partial charge in [0.15, 0.2) is 0 Å². The third-order valence-corrected chi connectivity index (χ3v) is 2.01. The summed E-state index contributed by atoms with van der Waals surface area (Å²) in [6, 6.07) is 0. The van der Waals surface area contributed by atoms with Crippen LogP contribution in [-0.2, 0) is 52.5 Å². The molecule has 0 bridgehead atoms. The molecule has 1 aliphatic rings. The second kappa shape index (κ2) is 14.1. The van der Waals surface area contributed by atoms with Crippen molar-refractivity contribution in [3.8, 4) is 0 Å². The predicted molar refractivity (Wildman–Crippen MR) is 50.0 cm³/mol. The van der Waals surface area contributed by atoms with Gasteiger partial charge in [-0.05, 0) is 0 Å². The minimum absolute atomic E-state index is 0. The molecule has 1 rings (SSSR count). The van der Waals surface area contributed by atoms with Crippen molar-refractivity contribution in [3.63, 3.8) is 0 Å². The van der Waals surface area contributed by atoms with Gasteiger partial charge >= 0.3 is 99.8 Å². The van der Waals surface area contributed by atoms with Gasteiger partial charge in [0.25, 0.3) is 0 Å². The van der Waals surface area contributed by atoms with Crippen LogP contribution in [-0.4, -0.2) is 9.46 Å². The molecule has 0 saturated heterocycles. The molecule has 15 heavy (non-hydrogen) atoms. The van der Waals surface area contributed by atoms with Crippen LogP contribution in [0.2, 0.25) is 0 Å². The number of allylic oxidation sites excluding steroid dienone is 4. The maximum absolute atomic E-state index is 3.29. The van der Waals surface area contributed by atoms with Crippen LogP contribution in [0.15, 0.2) is 17.2 Å². The van der Waals surface area contributed by atoms with Gasteiger partial charge in [-0.3, -0.25) is 0 Å². The molecule has 0 spiro atoms. The van der Waals surface area contributed by atoms with E-state index in [9.17, 15) is 0 Å². The monoisotopic (exact) mass is 536 g/mol. The number of hydrogen-bond acceptors (Lipinski definition) is 0. The van der Waals surface area contributed by atoms with Gasteiger partial charge in [0, 0.05) is 49.7 Å². The first-order valence-corrected chi connectivity index (χ1v) is 5.59. The van der Waals surface area contributed by atoms with Crippen LogP contribution in [0.4, 0.5) is 0 Å². The molecule has 1 aliphatic carbocycles. The summed E-state index contributed by atoms with van der Waals surface area (Å²) in [6.45, 7) is 6.24. The molecule has 0 heterocycles. The van der Waals surface area contributed by atoms with Crippen LogP contribution >= 0.6 is 0 Å². The first-order valence-electron chi connectivity index (χ1n) is 4.19. The minimum Gasteiger partial charge on any atom is 0 e. The molecule has 0 fully saturated rings. The third kappa shape index (κ3) is 10.9. The van der Waals surface area contributed by atoms with Crippen molar-refractivity contribution in [1.29, 1.82) is 0 Å². The maximum Gasteiger partial charge on any atom is 0 e. The normalized spacial score (nSPS) is 12.1. The minimum atomic E-state index is 0. The van der Waals surface area contributed by atoms with E-state index in [0.717, 1.165) is 12.0 Å². The molecule has 0 saturated carbocycles. The summed E-state index contributed by atoms with van der Waals surface area (Å²) in [6.07, 6.45) is 6.52. The van der Waals surface area contributed by atoms with E-state index in [2.05, 4.69) is 69.4 Å². The molecule has 0 aromatic rings. The van der Waals surface area contributed by atoms with Crippen LogP contribution in [0.1, 0.15) is 27.2 Å². The molecule has 0 nitrogen and oxygen atoms in total. The summed E-state index contributed by atoms with van der Waals surface area (Å²) in [4.78, 5) is 0. The molecular weight excluding hydrogens is 523 g/mol. The van der Waals surface area contributed by atoms with Crippen molar-refractivity contribution in [2.24, 2.45) is 5.92 Å². The Morgan fingerprint density at radius 3 is 2.07 bits per heavy atom. The van der Waals surface area contributed by atoms with E-state index in [0.29, 0.717) is 5.92 Å². The summed E-state index contributed by atoms with van der Waals surface area (Å²) >= 11 is 4.56. The molecule has 0 amide bonds. The zero-order valence-electron chi connectivity index (χ0n) is 9.20. The van der Waals surface area contributed by atoms with Crippen LogP contribution in [0.25, 0.3) is 0 Å². The number of rotatable bonds is 2. The predicted octanol–water partition coefficient (Wildman–Crippen LogP) is 2.16. The fourth-order valence-corrected chi connectivity index (χ4v) is 1.17. The summed E-state index contributed by atoms with van der Waals surface area (Å²) in [5.74, 6) is 0.634. The smallest absolute Gasteiger partial charge is 0 e. The average molecular weight is 536 g/mol. The van der Waals surface area contributed by atoms with Crippen molar-refractivity contribution in [2.75, 3.05) is 0 Å². The van der Waals surface area contributed by atoms with Crippen molar-refractivity contribution in [1.82, 2.24) is 0 Å². The van der Waals surface area contributed by atoms with E-state index in [-0.39, 0.29) is 49.7 Å². The van der Waals surface area contributed by atoms with Crippen molar-refractivity contribution in [3.05, 3.63) is 23.3 Å². The Labute approximate surface area is 147 Å². The standard InChI is InChI=1S/C9H10.C2H3.U.3V/c1-7(2)9-5-4-8(3)6-9;1-2;;;;/h4,7H,5H2,1-2H3;1H3;;;;/q-2;-1;;;;. The van der Waals surface area contributed by atoms with Crippen molar-refractivity contribution < 1.29 is 83.6 Å². The van der Waals surface area contributed by atoms with Crippen molar-refractivity contribution >= 4 is 9.46 Å². The first-order chi connectivity index (χ1) is 6.15. The van der Waals surface area contributed by atoms with E-state index >= 15 is 0 Å². The molecule has 0 atom stereocenters. The quantitative estimate of drug-likeness (QED) is 0.476. The summed E-state index contributed by atoms with van der Waals surface area (Å²) in [5, 5.41) is 0. The van der Waals surface area contributed by atoms with E-state index in [1.54, 1.807) is 0 Å². The van der Waals surface area contributed by atoms with E-state index < -0.39 is 0 Å². The molecule has 1 radical (unpaired) electrons. The molecule has 0 aromatic heterocycles.